The lowest BCUT2D eigenvalue weighted by Gasteiger charge is -2.11. The van der Waals surface area contributed by atoms with Crippen molar-refractivity contribution in [3.63, 3.8) is 0 Å². The Labute approximate surface area is 129 Å². The van der Waals surface area contributed by atoms with Crippen LogP contribution in [0.5, 0.6) is 11.6 Å². The fourth-order valence-electron chi connectivity index (χ4n) is 2.07. The monoisotopic (exact) mass is 347 g/mol. The number of aromatic nitrogens is 1. The lowest BCUT2D eigenvalue weighted by molar-refractivity contribution is 0.274. The zero-order chi connectivity index (χ0) is 14.8. The van der Waals surface area contributed by atoms with E-state index >= 15 is 0 Å². The molecule has 0 fully saturated rings. The zero-order valence-corrected chi connectivity index (χ0v) is 12.5. The highest BCUT2D eigenvalue weighted by atomic mass is 79.9. The third-order valence-corrected chi connectivity index (χ3v) is 3.91. The van der Waals surface area contributed by atoms with Crippen LogP contribution in [0.4, 0.5) is 4.39 Å². The first-order chi connectivity index (χ1) is 10.2. The summed E-state index contributed by atoms with van der Waals surface area (Å²) in [5.74, 6) is 0.237. The van der Waals surface area contributed by atoms with Gasteiger partial charge >= 0.3 is 0 Å². The Bertz CT molecular complexity index is 807. The van der Waals surface area contributed by atoms with Crippen molar-refractivity contribution in [3.8, 4) is 11.6 Å². The van der Waals surface area contributed by atoms with Crippen molar-refractivity contribution in [1.29, 1.82) is 0 Å². The number of pyridine rings is 1. The number of aliphatic hydroxyl groups is 1. The smallest absolute Gasteiger partial charge is 0.224 e. The van der Waals surface area contributed by atoms with Gasteiger partial charge in [0.25, 0.3) is 0 Å². The predicted octanol–water partition coefficient (Wildman–Crippen LogP) is 4.42. The standard InChI is InChI=1S/C16H11BrFNO2/c17-15-13-4-2-1-3-10(13)5-6-14(15)21-16-11(9-20)7-12(18)8-19-16/h1-8,20H,9H2. The Balaban J connectivity index is 2.04. The van der Waals surface area contributed by atoms with Gasteiger partial charge in [0, 0.05) is 5.56 Å². The van der Waals surface area contributed by atoms with Crippen LogP contribution in [-0.4, -0.2) is 10.1 Å². The first kappa shape index (κ1) is 14.0. The fourth-order valence-corrected chi connectivity index (χ4v) is 2.64. The van der Waals surface area contributed by atoms with Gasteiger partial charge in [-0.05, 0) is 38.8 Å². The van der Waals surface area contributed by atoms with Crippen molar-refractivity contribution in [2.45, 2.75) is 6.61 Å². The molecule has 2 aromatic carbocycles. The minimum absolute atomic E-state index is 0.190. The molecule has 0 saturated carbocycles. The van der Waals surface area contributed by atoms with Gasteiger partial charge in [0.2, 0.25) is 5.88 Å². The molecule has 1 aromatic heterocycles. The SMILES string of the molecule is OCc1cc(F)cnc1Oc1ccc2ccccc2c1Br. The lowest BCUT2D eigenvalue weighted by atomic mass is 10.1. The Morgan fingerprint density at radius 2 is 2.00 bits per heavy atom. The molecule has 106 valence electrons. The summed E-state index contributed by atoms with van der Waals surface area (Å²) in [5, 5.41) is 11.3. The molecule has 3 rings (SSSR count). The van der Waals surface area contributed by atoms with Gasteiger partial charge in [0.05, 0.1) is 17.3 Å². The normalized spacial score (nSPS) is 10.8. The van der Waals surface area contributed by atoms with Crippen molar-refractivity contribution in [2.75, 3.05) is 0 Å². The number of benzene rings is 2. The molecule has 0 radical (unpaired) electrons. The molecule has 3 aromatic rings. The van der Waals surface area contributed by atoms with E-state index in [4.69, 9.17) is 4.74 Å². The highest BCUT2D eigenvalue weighted by Crippen LogP contribution is 2.36. The number of halogens is 2. The molecular weight excluding hydrogens is 337 g/mol. The molecule has 3 nitrogen and oxygen atoms in total. The Morgan fingerprint density at radius 1 is 1.19 bits per heavy atom. The largest absolute Gasteiger partial charge is 0.437 e. The first-order valence-corrected chi connectivity index (χ1v) is 7.08. The molecule has 0 atom stereocenters. The summed E-state index contributed by atoms with van der Waals surface area (Å²) < 4.78 is 19.6. The van der Waals surface area contributed by atoms with E-state index in [1.807, 2.05) is 30.3 Å². The molecule has 0 amide bonds. The maximum Gasteiger partial charge on any atom is 0.224 e. The van der Waals surface area contributed by atoms with E-state index in [0.717, 1.165) is 21.4 Å². The molecule has 0 unspecified atom stereocenters. The molecular formula is C16H11BrFNO2. The van der Waals surface area contributed by atoms with Crippen LogP contribution < -0.4 is 4.74 Å². The molecule has 0 aliphatic heterocycles. The summed E-state index contributed by atoms with van der Waals surface area (Å²) in [6.07, 6.45) is 1.06. The second-order valence-electron chi connectivity index (χ2n) is 4.48. The van der Waals surface area contributed by atoms with E-state index in [0.29, 0.717) is 11.3 Å². The van der Waals surface area contributed by atoms with Crippen LogP contribution >= 0.6 is 15.9 Å². The van der Waals surface area contributed by atoms with Crippen molar-refractivity contribution in [1.82, 2.24) is 4.98 Å². The van der Waals surface area contributed by atoms with Crippen LogP contribution in [-0.2, 0) is 6.61 Å². The van der Waals surface area contributed by atoms with E-state index in [-0.39, 0.29) is 12.5 Å². The van der Waals surface area contributed by atoms with Gasteiger partial charge in [0.1, 0.15) is 11.6 Å². The molecule has 21 heavy (non-hydrogen) atoms. The topological polar surface area (TPSA) is 42.4 Å². The van der Waals surface area contributed by atoms with Crippen LogP contribution in [0.3, 0.4) is 0 Å². The van der Waals surface area contributed by atoms with Gasteiger partial charge in [0.15, 0.2) is 0 Å². The second kappa shape index (κ2) is 5.79. The van der Waals surface area contributed by atoms with Gasteiger partial charge < -0.3 is 9.84 Å². The van der Waals surface area contributed by atoms with Crippen molar-refractivity contribution < 1.29 is 14.2 Å². The summed E-state index contributed by atoms with van der Waals surface area (Å²) in [7, 11) is 0. The van der Waals surface area contributed by atoms with E-state index in [1.54, 1.807) is 6.07 Å². The zero-order valence-electron chi connectivity index (χ0n) is 10.9. The number of hydrogen-bond donors (Lipinski definition) is 1. The van der Waals surface area contributed by atoms with Crippen LogP contribution in [0.25, 0.3) is 10.8 Å². The predicted molar refractivity (Wildman–Crippen MR) is 81.8 cm³/mol. The lowest BCUT2D eigenvalue weighted by Crippen LogP contribution is -1.96. The number of ether oxygens (including phenoxy) is 1. The first-order valence-electron chi connectivity index (χ1n) is 6.29. The van der Waals surface area contributed by atoms with Crippen LogP contribution in [0.15, 0.2) is 53.1 Å². The number of nitrogens with zero attached hydrogens (tertiary/aromatic N) is 1. The van der Waals surface area contributed by atoms with Crippen molar-refractivity contribution >= 4 is 26.7 Å². The molecule has 1 N–H and O–H groups in total. The van der Waals surface area contributed by atoms with E-state index in [2.05, 4.69) is 20.9 Å². The minimum Gasteiger partial charge on any atom is -0.437 e. The van der Waals surface area contributed by atoms with Gasteiger partial charge in [-0.3, -0.25) is 0 Å². The Hall–Kier alpha value is -1.98. The summed E-state index contributed by atoms with van der Waals surface area (Å²) in [6.45, 7) is -0.342. The second-order valence-corrected chi connectivity index (χ2v) is 5.27. The van der Waals surface area contributed by atoms with Crippen LogP contribution in [0.1, 0.15) is 5.56 Å². The van der Waals surface area contributed by atoms with Crippen molar-refractivity contribution in [3.05, 3.63) is 64.5 Å². The van der Waals surface area contributed by atoms with Gasteiger partial charge in [-0.15, -0.1) is 0 Å². The third-order valence-electron chi connectivity index (χ3n) is 3.10. The maximum absolute atomic E-state index is 13.1. The number of hydrogen-bond acceptors (Lipinski definition) is 3. The molecule has 5 heteroatoms. The summed E-state index contributed by atoms with van der Waals surface area (Å²) in [4.78, 5) is 3.89. The van der Waals surface area contributed by atoms with Crippen LogP contribution in [0, 0.1) is 5.82 Å². The minimum atomic E-state index is -0.510. The van der Waals surface area contributed by atoms with E-state index < -0.39 is 5.82 Å². The van der Waals surface area contributed by atoms with Crippen LogP contribution in [0.2, 0.25) is 0 Å². The van der Waals surface area contributed by atoms with E-state index in [1.165, 1.54) is 6.07 Å². The highest BCUT2D eigenvalue weighted by molar-refractivity contribution is 9.10. The highest BCUT2D eigenvalue weighted by Gasteiger charge is 2.11. The number of rotatable bonds is 3. The molecule has 0 aliphatic carbocycles. The molecule has 0 aliphatic rings. The Kier molecular flexibility index (Phi) is 3.86. The van der Waals surface area contributed by atoms with Crippen molar-refractivity contribution in [2.24, 2.45) is 0 Å². The van der Waals surface area contributed by atoms with Gasteiger partial charge in [-0.1, -0.05) is 30.3 Å². The molecule has 0 saturated heterocycles. The third kappa shape index (κ3) is 2.75. The Morgan fingerprint density at radius 3 is 2.81 bits per heavy atom. The molecule has 0 bridgehead atoms. The number of fused-ring (bicyclic) bond motifs is 1. The summed E-state index contributed by atoms with van der Waals surface area (Å²) in [5.41, 5.74) is 0.301. The van der Waals surface area contributed by atoms with Gasteiger partial charge in [-0.25, -0.2) is 9.37 Å². The molecule has 1 heterocycles. The number of aliphatic hydroxyl groups excluding tert-OH is 1. The maximum atomic E-state index is 13.1. The van der Waals surface area contributed by atoms with E-state index in [9.17, 15) is 9.50 Å². The summed E-state index contributed by atoms with van der Waals surface area (Å²) >= 11 is 3.51. The summed E-state index contributed by atoms with van der Waals surface area (Å²) in [6, 6.07) is 12.8. The quantitative estimate of drug-likeness (QED) is 0.762. The van der Waals surface area contributed by atoms with Gasteiger partial charge in [-0.2, -0.15) is 0 Å². The average Bonchev–Trinajstić information content (AvgIpc) is 2.51. The fraction of sp³-hybridized carbons (Fsp3) is 0.0625. The average molecular weight is 348 g/mol. The molecule has 0 spiro atoms.